The quantitative estimate of drug-likeness (QED) is 0.481. The molecule has 1 atom stereocenters. The molecular formula is C16H12ClNO4. The summed E-state index contributed by atoms with van der Waals surface area (Å²) in [6, 6.07) is 15.0. The van der Waals surface area contributed by atoms with Crippen LogP contribution in [0, 0.1) is 4.91 Å². The number of amides is 1. The number of rotatable bonds is 5. The number of nitrogens with zero attached hydrogens (tertiary/aromatic N) is 1. The molecule has 2 rings (SSSR count). The summed E-state index contributed by atoms with van der Waals surface area (Å²) in [6.07, 6.45) is 0. The van der Waals surface area contributed by atoms with E-state index in [-0.39, 0.29) is 6.61 Å². The van der Waals surface area contributed by atoms with E-state index in [1.807, 2.05) is 6.07 Å². The van der Waals surface area contributed by atoms with Crippen molar-refractivity contribution in [3.63, 3.8) is 0 Å². The van der Waals surface area contributed by atoms with Crippen molar-refractivity contribution in [2.45, 2.75) is 12.5 Å². The molecule has 6 heteroatoms. The highest BCUT2D eigenvalue weighted by Gasteiger charge is 2.31. The summed E-state index contributed by atoms with van der Waals surface area (Å²) in [7, 11) is 0. The van der Waals surface area contributed by atoms with Crippen LogP contribution < -0.4 is 0 Å². The molecule has 0 bridgehead atoms. The summed E-state index contributed by atoms with van der Waals surface area (Å²) in [5.41, 5.74) is 1.09. The van der Waals surface area contributed by atoms with Gasteiger partial charge in [0.05, 0.1) is 0 Å². The van der Waals surface area contributed by atoms with Gasteiger partial charge in [0, 0.05) is 10.2 Å². The molecule has 2 aromatic carbocycles. The Morgan fingerprint density at radius 2 is 1.68 bits per heavy atom. The topological polar surface area (TPSA) is 72.8 Å². The Morgan fingerprint density at radius 1 is 1.05 bits per heavy atom. The van der Waals surface area contributed by atoms with Crippen LogP contribution in [-0.2, 0) is 20.9 Å². The fourth-order valence-electron chi connectivity index (χ4n) is 1.90. The van der Waals surface area contributed by atoms with Gasteiger partial charge in [-0.05, 0) is 23.3 Å². The first kappa shape index (κ1) is 15.9. The highest BCUT2D eigenvalue weighted by molar-refractivity contribution is 6.30. The molecule has 0 heterocycles. The van der Waals surface area contributed by atoms with E-state index in [1.54, 1.807) is 24.3 Å². The van der Waals surface area contributed by atoms with Crippen molar-refractivity contribution in [3.05, 3.63) is 75.7 Å². The normalized spacial score (nSPS) is 11.5. The van der Waals surface area contributed by atoms with Crippen molar-refractivity contribution < 1.29 is 14.3 Å². The Morgan fingerprint density at radius 3 is 2.27 bits per heavy atom. The fraction of sp³-hybridized carbons (Fsp3) is 0.125. The lowest BCUT2D eigenvalue weighted by Gasteiger charge is -2.12. The fourth-order valence-corrected chi connectivity index (χ4v) is 2.03. The van der Waals surface area contributed by atoms with Crippen LogP contribution in [0.3, 0.4) is 0 Å². The van der Waals surface area contributed by atoms with E-state index in [0.717, 1.165) is 5.56 Å². The van der Waals surface area contributed by atoms with Gasteiger partial charge in [-0.3, -0.25) is 9.59 Å². The molecule has 0 aliphatic heterocycles. The maximum atomic E-state index is 12.1. The van der Waals surface area contributed by atoms with Crippen molar-refractivity contribution in [2.24, 2.45) is 5.18 Å². The van der Waals surface area contributed by atoms with Gasteiger partial charge in [-0.1, -0.05) is 54.1 Å². The van der Waals surface area contributed by atoms with Crippen molar-refractivity contribution in [1.29, 1.82) is 0 Å². The van der Waals surface area contributed by atoms with Gasteiger partial charge >= 0.3 is 11.9 Å². The molecule has 0 spiro atoms. The molecule has 0 saturated heterocycles. The van der Waals surface area contributed by atoms with Crippen LogP contribution in [0.25, 0.3) is 0 Å². The molecular weight excluding hydrogens is 306 g/mol. The third kappa shape index (κ3) is 3.99. The van der Waals surface area contributed by atoms with Gasteiger partial charge in [0.1, 0.15) is 6.61 Å². The average molecular weight is 318 g/mol. The molecule has 2 aromatic rings. The summed E-state index contributed by atoms with van der Waals surface area (Å²) in [6.45, 7) is 0.00982. The number of halogens is 1. The molecule has 1 amide bonds. The number of carbonyl (C=O) groups excluding carboxylic acids is 2. The first-order chi connectivity index (χ1) is 10.6. The van der Waals surface area contributed by atoms with Crippen LogP contribution in [0.15, 0.2) is 59.8 Å². The number of ether oxygens (including phenoxy) is 1. The zero-order chi connectivity index (χ0) is 15.9. The number of hydrogen-bond donors (Lipinski definition) is 0. The van der Waals surface area contributed by atoms with Gasteiger partial charge in [-0.15, -0.1) is 4.91 Å². The second kappa shape index (κ2) is 7.47. The van der Waals surface area contributed by atoms with Crippen molar-refractivity contribution >= 4 is 23.5 Å². The van der Waals surface area contributed by atoms with E-state index in [4.69, 9.17) is 16.3 Å². The third-order valence-corrected chi connectivity index (χ3v) is 3.25. The van der Waals surface area contributed by atoms with E-state index in [1.165, 1.54) is 24.3 Å². The zero-order valence-corrected chi connectivity index (χ0v) is 12.2. The summed E-state index contributed by atoms with van der Waals surface area (Å²) in [5, 5.41) is 2.79. The zero-order valence-electron chi connectivity index (χ0n) is 11.4. The van der Waals surface area contributed by atoms with E-state index in [9.17, 15) is 14.5 Å². The SMILES string of the molecule is O=NC(=O)C(C(=O)OCc1ccccc1)c1ccc(Cl)cc1. The molecule has 0 N–H and O–H groups in total. The number of hydrogen-bond acceptors (Lipinski definition) is 4. The molecule has 0 aliphatic rings. The average Bonchev–Trinajstić information content (AvgIpc) is 2.55. The summed E-state index contributed by atoms with van der Waals surface area (Å²) < 4.78 is 5.11. The van der Waals surface area contributed by atoms with E-state index in [0.29, 0.717) is 10.6 Å². The highest BCUT2D eigenvalue weighted by atomic mass is 35.5. The summed E-state index contributed by atoms with van der Waals surface area (Å²) in [4.78, 5) is 34.3. The van der Waals surface area contributed by atoms with Gasteiger partial charge in [0.15, 0.2) is 5.92 Å². The summed E-state index contributed by atoms with van der Waals surface area (Å²) >= 11 is 5.76. The van der Waals surface area contributed by atoms with Crippen LogP contribution >= 0.6 is 11.6 Å². The minimum atomic E-state index is -1.38. The van der Waals surface area contributed by atoms with Gasteiger partial charge in [0.2, 0.25) is 0 Å². The lowest BCUT2D eigenvalue weighted by molar-refractivity contribution is -0.149. The maximum Gasteiger partial charge on any atom is 0.323 e. The van der Waals surface area contributed by atoms with Crippen LogP contribution in [-0.4, -0.2) is 11.9 Å². The number of esters is 1. The van der Waals surface area contributed by atoms with Crippen molar-refractivity contribution in [3.8, 4) is 0 Å². The Labute approximate surface area is 131 Å². The highest BCUT2D eigenvalue weighted by Crippen LogP contribution is 2.22. The Kier molecular flexibility index (Phi) is 5.38. The standard InChI is InChI=1S/C16H12ClNO4/c17-13-8-6-12(7-9-13)14(15(19)18-21)16(20)22-10-11-4-2-1-3-5-11/h1-9,14H,10H2. The predicted molar refractivity (Wildman–Crippen MR) is 81.2 cm³/mol. The van der Waals surface area contributed by atoms with Crippen molar-refractivity contribution in [1.82, 2.24) is 0 Å². The van der Waals surface area contributed by atoms with Crippen LogP contribution in [0.5, 0.6) is 0 Å². The number of benzene rings is 2. The predicted octanol–water partition coefficient (Wildman–Crippen LogP) is 3.46. The molecule has 112 valence electrons. The smallest absolute Gasteiger partial charge is 0.323 e. The minimum absolute atomic E-state index is 0.00982. The van der Waals surface area contributed by atoms with Gasteiger partial charge in [-0.25, -0.2) is 0 Å². The van der Waals surface area contributed by atoms with Gasteiger partial charge < -0.3 is 4.74 Å². The number of carbonyl (C=O) groups is 2. The van der Waals surface area contributed by atoms with E-state index < -0.39 is 17.8 Å². The first-order valence-electron chi connectivity index (χ1n) is 6.45. The second-order valence-electron chi connectivity index (χ2n) is 4.51. The van der Waals surface area contributed by atoms with Crippen LogP contribution in [0.1, 0.15) is 17.0 Å². The summed E-state index contributed by atoms with van der Waals surface area (Å²) in [5.74, 6) is -3.30. The Balaban J connectivity index is 2.15. The molecule has 0 fully saturated rings. The molecule has 0 saturated carbocycles. The lowest BCUT2D eigenvalue weighted by atomic mass is 9.99. The number of nitroso groups, excluding NO2 is 1. The minimum Gasteiger partial charge on any atom is -0.460 e. The second-order valence-corrected chi connectivity index (χ2v) is 4.94. The Bertz CT molecular complexity index is 670. The van der Waals surface area contributed by atoms with E-state index in [2.05, 4.69) is 5.18 Å². The van der Waals surface area contributed by atoms with Gasteiger partial charge in [-0.2, -0.15) is 0 Å². The Hall–Kier alpha value is -2.53. The molecule has 22 heavy (non-hydrogen) atoms. The molecule has 0 aliphatic carbocycles. The monoisotopic (exact) mass is 317 g/mol. The third-order valence-electron chi connectivity index (χ3n) is 3.00. The maximum absolute atomic E-state index is 12.1. The van der Waals surface area contributed by atoms with Gasteiger partial charge in [0.25, 0.3) is 0 Å². The molecule has 0 aromatic heterocycles. The first-order valence-corrected chi connectivity index (χ1v) is 6.83. The molecule has 5 nitrogen and oxygen atoms in total. The van der Waals surface area contributed by atoms with Crippen molar-refractivity contribution in [2.75, 3.05) is 0 Å². The molecule has 1 unspecified atom stereocenters. The largest absolute Gasteiger partial charge is 0.460 e. The molecule has 0 radical (unpaired) electrons. The van der Waals surface area contributed by atoms with E-state index >= 15 is 0 Å². The van der Waals surface area contributed by atoms with Crippen LogP contribution in [0.4, 0.5) is 0 Å². The van der Waals surface area contributed by atoms with Crippen LogP contribution in [0.2, 0.25) is 5.02 Å². The lowest BCUT2D eigenvalue weighted by Crippen LogP contribution is -2.22.